The molecule has 0 radical (unpaired) electrons. The summed E-state index contributed by atoms with van der Waals surface area (Å²) in [6, 6.07) is 6.39. The number of carbonyl (C=O) groups excluding carboxylic acids is 1. The maximum absolute atomic E-state index is 13.1. The molecule has 2 rings (SSSR count). The molecule has 1 amide bonds. The zero-order valence-electron chi connectivity index (χ0n) is 11.1. The number of benzene rings is 1. The molecular weight excluding hydrogens is 276 g/mol. The Hall–Kier alpha value is -2.76. The van der Waals surface area contributed by atoms with Crippen LogP contribution >= 0.6 is 0 Å². The molecule has 0 aliphatic heterocycles. The van der Waals surface area contributed by atoms with Gasteiger partial charge in [-0.15, -0.1) is 6.58 Å². The second kappa shape index (κ2) is 6.60. The van der Waals surface area contributed by atoms with Crippen LogP contribution in [0, 0.1) is 11.6 Å². The van der Waals surface area contributed by atoms with E-state index in [1.807, 2.05) is 0 Å². The molecule has 0 atom stereocenters. The fraction of sp³-hybridized carbons (Fsp3) is 0.0667. The minimum atomic E-state index is -1.03. The molecular formula is C15H13F2N3O. The van der Waals surface area contributed by atoms with Crippen molar-refractivity contribution in [1.29, 1.82) is 0 Å². The van der Waals surface area contributed by atoms with E-state index in [0.29, 0.717) is 12.2 Å². The lowest BCUT2D eigenvalue weighted by molar-refractivity contribution is 0.102. The predicted octanol–water partition coefficient (Wildman–Crippen LogP) is 3.21. The Morgan fingerprint density at radius 3 is 2.71 bits per heavy atom. The molecule has 1 aromatic carbocycles. The SMILES string of the molecule is C=CCNc1ccnc(C(=O)Nc2ccc(F)c(F)c2)c1. The highest BCUT2D eigenvalue weighted by molar-refractivity contribution is 6.03. The van der Waals surface area contributed by atoms with Gasteiger partial charge < -0.3 is 10.6 Å². The smallest absolute Gasteiger partial charge is 0.274 e. The average Bonchev–Trinajstić information content (AvgIpc) is 2.49. The quantitative estimate of drug-likeness (QED) is 0.831. The normalized spacial score (nSPS) is 10.0. The Bertz CT molecular complexity index is 674. The van der Waals surface area contributed by atoms with Crippen LogP contribution in [-0.2, 0) is 0 Å². The molecule has 0 aliphatic rings. The van der Waals surface area contributed by atoms with Crippen molar-refractivity contribution in [2.24, 2.45) is 0 Å². The topological polar surface area (TPSA) is 54.0 Å². The summed E-state index contributed by atoms with van der Waals surface area (Å²) in [4.78, 5) is 15.9. The van der Waals surface area contributed by atoms with Gasteiger partial charge in [0.2, 0.25) is 0 Å². The second-order valence-electron chi connectivity index (χ2n) is 4.18. The van der Waals surface area contributed by atoms with E-state index in [4.69, 9.17) is 0 Å². The third-order valence-electron chi connectivity index (χ3n) is 2.62. The van der Waals surface area contributed by atoms with Gasteiger partial charge in [0.15, 0.2) is 11.6 Å². The summed E-state index contributed by atoms with van der Waals surface area (Å²) in [5.74, 6) is -2.51. The Kier molecular flexibility index (Phi) is 4.61. The summed E-state index contributed by atoms with van der Waals surface area (Å²) in [5.41, 5.74) is 1.03. The van der Waals surface area contributed by atoms with Crippen molar-refractivity contribution in [3.63, 3.8) is 0 Å². The number of nitrogens with zero attached hydrogens (tertiary/aromatic N) is 1. The largest absolute Gasteiger partial charge is 0.381 e. The summed E-state index contributed by atoms with van der Waals surface area (Å²) in [7, 11) is 0. The molecule has 108 valence electrons. The van der Waals surface area contributed by atoms with Gasteiger partial charge in [-0.25, -0.2) is 8.78 Å². The van der Waals surface area contributed by atoms with Gasteiger partial charge in [-0.2, -0.15) is 0 Å². The predicted molar refractivity (Wildman–Crippen MR) is 77.2 cm³/mol. The van der Waals surface area contributed by atoms with Crippen LogP contribution in [0.1, 0.15) is 10.5 Å². The van der Waals surface area contributed by atoms with Crippen LogP contribution in [-0.4, -0.2) is 17.4 Å². The van der Waals surface area contributed by atoms with Crippen LogP contribution in [0.25, 0.3) is 0 Å². The van der Waals surface area contributed by atoms with E-state index in [1.165, 1.54) is 12.3 Å². The lowest BCUT2D eigenvalue weighted by Crippen LogP contribution is -2.14. The lowest BCUT2D eigenvalue weighted by atomic mass is 10.2. The molecule has 1 heterocycles. The summed E-state index contributed by atoms with van der Waals surface area (Å²) in [6.07, 6.45) is 3.16. The first-order valence-corrected chi connectivity index (χ1v) is 6.17. The highest BCUT2D eigenvalue weighted by atomic mass is 19.2. The minimum absolute atomic E-state index is 0.158. The van der Waals surface area contributed by atoms with E-state index in [2.05, 4.69) is 22.2 Å². The molecule has 2 N–H and O–H groups in total. The number of carbonyl (C=O) groups is 1. The number of aromatic nitrogens is 1. The number of hydrogen-bond donors (Lipinski definition) is 2. The average molecular weight is 289 g/mol. The van der Waals surface area contributed by atoms with Gasteiger partial charge in [-0.1, -0.05) is 6.08 Å². The first kappa shape index (κ1) is 14.6. The van der Waals surface area contributed by atoms with Crippen molar-refractivity contribution < 1.29 is 13.6 Å². The Morgan fingerprint density at radius 2 is 2.00 bits per heavy atom. The van der Waals surface area contributed by atoms with Crippen LogP contribution in [0.5, 0.6) is 0 Å². The lowest BCUT2D eigenvalue weighted by Gasteiger charge is -2.07. The van der Waals surface area contributed by atoms with Crippen LogP contribution in [0.2, 0.25) is 0 Å². The molecule has 0 saturated carbocycles. The van der Waals surface area contributed by atoms with E-state index in [9.17, 15) is 13.6 Å². The highest BCUT2D eigenvalue weighted by Crippen LogP contribution is 2.15. The standard InChI is InChI=1S/C15H13F2N3O/c1-2-6-18-10-5-7-19-14(9-10)15(21)20-11-3-4-12(16)13(17)8-11/h2-5,7-9H,1,6H2,(H,18,19)(H,20,21). The molecule has 0 aliphatic carbocycles. The Labute approximate surface area is 120 Å². The van der Waals surface area contributed by atoms with Gasteiger partial charge >= 0.3 is 0 Å². The van der Waals surface area contributed by atoms with Crippen molar-refractivity contribution in [2.45, 2.75) is 0 Å². The molecule has 0 fully saturated rings. The third kappa shape index (κ3) is 3.85. The van der Waals surface area contributed by atoms with Gasteiger partial charge in [0.1, 0.15) is 5.69 Å². The van der Waals surface area contributed by atoms with Crippen molar-refractivity contribution in [3.05, 3.63) is 66.5 Å². The Morgan fingerprint density at radius 1 is 1.19 bits per heavy atom. The van der Waals surface area contributed by atoms with Gasteiger partial charge in [0.05, 0.1) is 0 Å². The molecule has 0 saturated heterocycles. The maximum Gasteiger partial charge on any atom is 0.274 e. The minimum Gasteiger partial charge on any atom is -0.381 e. The summed E-state index contributed by atoms with van der Waals surface area (Å²) >= 11 is 0. The van der Waals surface area contributed by atoms with Gasteiger partial charge in [-0.3, -0.25) is 9.78 Å². The first-order chi connectivity index (χ1) is 10.1. The molecule has 0 spiro atoms. The summed E-state index contributed by atoms with van der Waals surface area (Å²) in [5, 5.41) is 5.48. The van der Waals surface area contributed by atoms with E-state index in [0.717, 1.165) is 12.1 Å². The number of pyridine rings is 1. The third-order valence-corrected chi connectivity index (χ3v) is 2.62. The number of nitrogens with one attached hydrogen (secondary N) is 2. The zero-order chi connectivity index (χ0) is 15.2. The molecule has 4 nitrogen and oxygen atoms in total. The summed E-state index contributed by atoms with van der Waals surface area (Å²) in [6.45, 7) is 4.13. The fourth-order valence-electron chi connectivity index (χ4n) is 1.62. The molecule has 2 aromatic rings. The van der Waals surface area contributed by atoms with Crippen molar-refractivity contribution in [1.82, 2.24) is 4.98 Å². The maximum atomic E-state index is 13.1. The molecule has 1 aromatic heterocycles. The van der Waals surface area contributed by atoms with Crippen molar-refractivity contribution in [3.8, 4) is 0 Å². The van der Waals surface area contributed by atoms with E-state index in [-0.39, 0.29) is 11.4 Å². The van der Waals surface area contributed by atoms with Crippen molar-refractivity contribution >= 4 is 17.3 Å². The Balaban J connectivity index is 2.12. The van der Waals surface area contributed by atoms with E-state index < -0.39 is 17.5 Å². The van der Waals surface area contributed by atoms with E-state index in [1.54, 1.807) is 18.2 Å². The van der Waals surface area contributed by atoms with E-state index >= 15 is 0 Å². The molecule has 0 bridgehead atoms. The van der Waals surface area contributed by atoms with Gasteiger partial charge in [0, 0.05) is 30.2 Å². The fourth-order valence-corrected chi connectivity index (χ4v) is 1.62. The second-order valence-corrected chi connectivity index (χ2v) is 4.18. The molecule has 0 unspecified atom stereocenters. The van der Waals surface area contributed by atoms with Crippen LogP contribution in [0.15, 0.2) is 49.2 Å². The molecule has 6 heteroatoms. The van der Waals surface area contributed by atoms with Crippen LogP contribution in [0.4, 0.5) is 20.2 Å². The zero-order valence-corrected chi connectivity index (χ0v) is 11.1. The van der Waals surface area contributed by atoms with Crippen molar-refractivity contribution in [2.75, 3.05) is 17.2 Å². The van der Waals surface area contributed by atoms with Gasteiger partial charge in [0.25, 0.3) is 5.91 Å². The van der Waals surface area contributed by atoms with Gasteiger partial charge in [-0.05, 0) is 24.3 Å². The number of amides is 1. The number of halogens is 2. The van der Waals surface area contributed by atoms with Crippen LogP contribution in [0.3, 0.4) is 0 Å². The monoisotopic (exact) mass is 289 g/mol. The summed E-state index contributed by atoms with van der Waals surface area (Å²) < 4.78 is 25.9. The number of anilines is 2. The first-order valence-electron chi connectivity index (χ1n) is 6.17. The number of rotatable bonds is 5. The molecule has 21 heavy (non-hydrogen) atoms. The number of hydrogen-bond acceptors (Lipinski definition) is 3. The highest BCUT2D eigenvalue weighted by Gasteiger charge is 2.10. The van der Waals surface area contributed by atoms with Crippen LogP contribution < -0.4 is 10.6 Å².